The molecule has 0 amide bonds. The Hall–Kier alpha value is -1.58. The average molecular weight is 135 g/mol. The van der Waals surface area contributed by atoms with E-state index in [0.29, 0.717) is 5.82 Å². The second-order valence-electron chi connectivity index (χ2n) is 1.84. The van der Waals surface area contributed by atoms with Crippen LogP contribution in [0.15, 0.2) is 29.2 Å². The summed E-state index contributed by atoms with van der Waals surface area (Å²) in [6.45, 7) is 0. The van der Waals surface area contributed by atoms with Crippen LogP contribution >= 0.6 is 0 Å². The summed E-state index contributed by atoms with van der Waals surface area (Å²) < 4.78 is 4.56. The summed E-state index contributed by atoms with van der Waals surface area (Å²) >= 11 is 0. The van der Waals surface area contributed by atoms with Gasteiger partial charge in [-0.25, -0.2) is 0 Å². The van der Waals surface area contributed by atoms with Crippen LogP contribution in [-0.2, 0) is 0 Å². The van der Waals surface area contributed by atoms with E-state index in [0.717, 1.165) is 5.69 Å². The highest BCUT2D eigenvalue weighted by Gasteiger charge is 2.00. The Morgan fingerprint density at radius 3 is 3.10 bits per heavy atom. The maximum Gasteiger partial charge on any atom is 0.218 e. The second kappa shape index (κ2) is 1.98. The van der Waals surface area contributed by atoms with Crippen molar-refractivity contribution in [3.63, 3.8) is 0 Å². The first-order valence-corrected chi connectivity index (χ1v) is 2.87. The van der Waals surface area contributed by atoms with E-state index in [1.165, 1.54) is 6.39 Å². The molecule has 50 valence electrons. The predicted octanol–water partition coefficient (Wildman–Crippen LogP) is 1.06. The molecule has 0 spiro atoms. The molecule has 2 heterocycles. The van der Waals surface area contributed by atoms with Gasteiger partial charge in [-0.3, -0.25) is 0 Å². The lowest BCUT2D eigenvalue weighted by molar-refractivity contribution is 0.418. The van der Waals surface area contributed by atoms with Crippen molar-refractivity contribution in [2.45, 2.75) is 0 Å². The zero-order valence-corrected chi connectivity index (χ0v) is 5.11. The lowest BCUT2D eigenvalue weighted by Gasteiger charge is -1.82. The Labute approximate surface area is 56.9 Å². The molecule has 0 saturated heterocycles. The molecule has 10 heavy (non-hydrogen) atoms. The number of H-pyrrole nitrogens is 1. The Morgan fingerprint density at radius 2 is 2.50 bits per heavy atom. The number of aromatic nitrogens is 3. The van der Waals surface area contributed by atoms with E-state index in [9.17, 15) is 0 Å². The maximum absolute atomic E-state index is 4.56. The van der Waals surface area contributed by atoms with Crippen LogP contribution in [0.5, 0.6) is 0 Å². The van der Waals surface area contributed by atoms with Crippen molar-refractivity contribution >= 4 is 0 Å². The standard InChI is InChI=1S/C6H5N3O/c1-2-5(7-3-1)6-8-4-10-9-6/h1-4,7H. The molecule has 1 N–H and O–H groups in total. The van der Waals surface area contributed by atoms with E-state index < -0.39 is 0 Å². The molecular formula is C6H5N3O. The van der Waals surface area contributed by atoms with Gasteiger partial charge in [-0.2, -0.15) is 4.98 Å². The van der Waals surface area contributed by atoms with Crippen molar-refractivity contribution < 1.29 is 4.52 Å². The van der Waals surface area contributed by atoms with Crippen molar-refractivity contribution in [1.82, 2.24) is 15.1 Å². The van der Waals surface area contributed by atoms with E-state index in [2.05, 4.69) is 19.6 Å². The molecule has 2 aromatic rings. The van der Waals surface area contributed by atoms with E-state index in [-0.39, 0.29) is 0 Å². The van der Waals surface area contributed by atoms with Crippen LogP contribution in [0.4, 0.5) is 0 Å². The number of aromatic amines is 1. The third kappa shape index (κ3) is 0.699. The van der Waals surface area contributed by atoms with Crippen molar-refractivity contribution in [3.05, 3.63) is 24.7 Å². The first-order chi connectivity index (χ1) is 4.97. The first kappa shape index (κ1) is 5.22. The van der Waals surface area contributed by atoms with E-state index >= 15 is 0 Å². The van der Waals surface area contributed by atoms with Crippen molar-refractivity contribution in [3.8, 4) is 11.5 Å². The van der Waals surface area contributed by atoms with E-state index in [1.807, 2.05) is 18.3 Å². The minimum Gasteiger partial charge on any atom is -0.359 e. The van der Waals surface area contributed by atoms with Gasteiger partial charge in [0.2, 0.25) is 12.2 Å². The molecule has 0 atom stereocenters. The van der Waals surface area contributed by atoms with Crippen LogP contribution in [0.3, 0.4) is 0 Å². The Morgan fingerprint density at radius 1 is 1.50 bits per heavy atom. The van der Waals surface area contributed by atoms with Gasteiger partial charge in [-0.15, -0.1) is 0 Å². The molecular weight excluding hydrogens is 130 g/mol. The molecule has 0 fully saturated rings. The van der Waals surface area contributed by atoms with Crippen LogP contribution in [0.25, 0.3) is 11.5 Å². The van der Waals surface area contributed by atoms with E-state index in [4.69, 9.17) is 0 Å². The zero-order chi connectivity index (χ0) is 6.81. The van der Waals surface area contributed by atoms with Crippen LogP contribution in [0.1, 0.15) is 0 Å². The second-order valence-corrected chi connectivity index (χ2v) is 1.84. The van der Waals surface area contributed by atoms with Gasteiger partial charge in [-0.05, 0) is 12.1 Å². The molecule has 2 aromatic heterocycles. The SMILES string of the molecule is c1c[nH]c(-c2ncon2)c1. The molecule has 2 rings (SSSR count). The topological polar surface area (TPSA) is 54.7 Å². The summed E-state index contributed by atoms with van der Waals surface area (Å²) in [6.07, 6.45) is 3.11. The van der Waals surface area contributed by atoms with Gasteiger partial charge >= 0.3 is 0 Å². The number of hydrogen-bond donors (Lipinski definition) is 1. The number of rotatable bonds is 1. The normalized spacial score (nSPS) is 10.0. The third-order valence-electron chi connectivity index (χ3n) is 1.20. The number of nitrogens with zero attached hydrogens (tertiary/aromatic N) is 2. The molecule has 0 radical (unpaired) electrons. The fourth-order valence-corrected chi connectivity index (χ4v) is 0.759. The van der Waals surface area contributed by atoms with Crippen LogP contribution in [0.2, 0.25) is 0 Å². The summed E-state index contributed by atoms with van der Waals surface area (Å²) in [5.41, 5.74) is 0.869. The minimum absolute atomic E-state index is 0.588. The van der Waals surface area contributed by atoms with Gasteiger partial charge in [0.15, 0.2) is 0 Å². The minimum atomic E-state index is 0.588. The quantitative estimate of drug-likeness (QED) is 0.636. The molecule has 0 bridgehead atoms. The van der Waals surface area contributed by atoms with Gasteiger partial charge in [0.1, 0.15) is 0 Å². The lowest BCUT2D eigenvalue weighted by atomic mass is 10.4. The monoisotopic (exact) mass is 135 g/mol. The van der Waals surface area contributed by atoms with Crippen LogP contribution in [0, 0.1) is 0 Å². The van der Waals surface area contributed by atoms with Gasteiger partial charge in [0.05, 0.1) is 5.69 Å². The Bertz CT molecular complexity index is 252. The largest absolute Gasteiger partial charge is 0.359 e. The van der Waals surface area contributed by atoms with Crippen molar-refractivity contribution in [1.29, 1.82) is 0 Å². The number of hydrogen-bond acceptors (Lipinski definition) is 3. The Kier molecular flexibility index (Phi) is 1.04. The Balaban J connectivity index is 2.48. The summed E-state index contributed by atoms with van der Waals surface area (Å²) in [5.74, 6) is 0.588. The van der Waals surface area contributed by atoms with Crippen LogP contribution in [-0.4, -0.2) is 15.1 Å². The summed E-state index contributed by atoms with van der Waals surface area (Å²) in [7, 11) is 0. The van der Waals surface area contributed by atoms with Crippen molar-refractivity contribution in [2.24, 2.45) is 0 Å². The molecule has 0 aliphatic rings. The summed E-state index contributed by atoms with van der Waals surface area (Å²) in [4.78, 5) is 6.80. The highest BCUT2D eigenvalue weighted by molar-refractivity contribution is 5.47. The molecule has 0 saturated carbocycles. The first-order valence-electron chi connectivity index (χ1n) is 2.87. The molecule has 4 heteroatoms. The smallest absolute Gasteiger partial charge is 0.218 e. The predicted molar refractivity (Wildman–Crippen MR) is 34.1 cm³/mol. The highest BCUT2D eigenvalue weighted by atomic mass is 16.5. The molecule has 4 nitrogen and oxygen atoms in total. The molecule has 0 unspecified atom stereocenters. The summed E-state index contributed by atoms with van der Waals surface area (Å²) in [6, 6.07) is 3.76. The van der Waals surface area contributed by atoms with Crippen molar-refractivity contribution in [2.75, 3.05) is 0 Å². The van der Waals surface area contributed by atoms with E-state index in [1.54, 1.807) is 0 Å². The number of nitrogens with one attached hydrogen (secondary N) is 1. The highest BCUT2D eigenvalue weighted by Crippen LogP contribution is 2.08. The maximum atomic E-state index is 4.56. The summed E-state index contributed by atoms with van der Waals surface area (Å²) in [5, 5.41) is 3.64. The zero-order valence-electron chi connectivity index (χ0n) is 5.11. The van der Waals surface area contributed by atoms with Gasteiger partial charge in [0, 0.05) is 6.20 Å². The van der Waals surface area contributed by atoms with Crippen LogP contribution < -0.4 is 0 Å². The molecule has 0 aromatic carbocycles. The lowest BCUT2D eigenvalue weighted by Crippen LogP contribution is -1.77. The average Bonchev–Trinajstić information content (AvgIpc) is 2.59. The van der Waals surface area contributed by atoms with Gasteiger partial charge in [0.25, 0.3) is 0 Å². The van der Waals surface area contributed by atoms with Gasteiger partial charge < -0.3 is 9.51 Å². The third-order valence-corrected chi connectivity index (χ3v) is 1.20. The van der Waals surface area contributed by atoms with Gasteiger partial charge in [-0.1, -0.05) is 5.16 Å². The molecule has 0 aliphatic carbocycles. The molecule has 0 aliphatic heterocycles. The fraction of sp³-hybridized carbons (Fsp3) is 0. The fourth-order valence-electron chi connectivity index (χ4n) is 0.759.